The van der Waals surface area contributed by atoms with Gasteiger partial charge in [-0.3, -0.25) is 0 Å². The molecule has 3 heteroatoms. The van der Waals surface area contributed by atoms with Crippen molar-refractivity contribution in [3.05, 3.63) is 182 Å². The number of hydrogen-bond donors (Lipinski definition) is 0. The van der Waals surface area contributed by atoms with Crippen molar-refractivity contribution in [3.8, 4) is 0 Å². The van der Waals surface area contributed by atoms with E-state index in [1.165, 1.54) is 31.1 Å². The maximum absolute atomic E-state index is 2.24. The molecule has 0 unspecified atom stereocenters. The minimum Gasteiger partial charge on any atom is -0.0624 e. The molecule has 0 saturated carbocycles. The largest absolute Gasteiger partial charge is 0.154 e. The Morgan fingerprint density at radius 3 is 0.462 bits per heavy atom. The average molecular weight is 584 g/mol. The van der Waals surface area contributed by atoms with Crippen molar-refractivity contribution in [1.29, 1.82) is 0 Å². The summed E-state index contributed by atoms with van der Waals surface area (Å²) in [6.07, 6.45) is 0. The van der Waals surface area contributed by atoms with Gasteiger partial charge in [0.2, 0.25) is 0 Å². The Kier molecular flexibility index (Phi) is 11.0. The van der Waals surface area contributed by atoms with E-state index in [-0.39, 0.29) is 19.5 Å². The van der Waals surface area contributed by atoms with E-state index < -0.39 is 17.6 Å². The summed E-state index contributed by atoms with van der Waals surface area (Å²) in [6.45, 7) is 0. The summed E-state index contributed by atoms with van der Waals surface area (Å²) in [7, 11) is -1.75. The molecular weight excluding hydrogens is 554 g/mol. The van der Waals surface area contributed by atoms with E-state index in [0.29, 0.717) is 0 Å². The fourth-order valence-corrected chi connectivity index (χ4v) is 9.78. The Hall–Kier alpha value is -3.62. The Balaban J connectivity index is 0.000000176. The average Bonchev–Trinajstić information content (AvgIpc) is 3.01. The third-order valence-corrected chi connectivity index (χ3v) is 11.8. The molecule has 2 radical (unpaired) electrons. The molecule has 0 N–H and O–H groups in total. The van der Waals surface area contributed by atoms with Crippen LogP contribution in [0.2, 0.25) is 0 Å². The first kappa shape index (κ1) is 28.4. The molecule has 0 spiro atoms. The molecular formula is C36H30Si2Zn. The third-order valence-electron chi connectivity index (χ3n) is 6.37. The van der Waals surface area contributed by atoms with Gasteiger partial charge < -0.3 is 0 Å². The molecule has 6 aromatic carbocycles. The first-order valence-electron chi connectivity index (χ1n) is 13.0. The first-order chi connectivity index (χ1) is 18.9. The van der Waals surface area contributed by atoms with E-state index in [2.05, 4.69) is 182 Å². The molecule has 0 aromatic heterocycles. The first-order valence-corrected chi connectivity index (χ1v) is 16.0. The zero-order chi connectivity index (χ0) is 25.8. The van der Waals surface area contributed by atoms with E-state index in [1.54, 1.807) is 0 Å². The molecule has 0 fully saturated rings. The molecule has 6 aromatic rings. The van der Waals surface area contributed by atoms with Crippen LogP contribution in [0.25, 0.3) is 0 Å². The van der Waals surface area contributed by atoms with Crippen LogP contribution in [0, 0.1) is 0 Å². The molecule has 184 valence electrons. The van der Waals surface area contributed by atoms with Gasteiger partial charge in [0.05, 0.1) is 0 Å². The van der Waals surface area contributed by atoms with E-state index in [0.717, 1.165) is 0 Å². The van der Waals surface area contributed by atoms with Gasteiger partial charge in [-0.1, -0.05) is 213 Å². The molecule has 0 nitrogen and oxygen atoms in total. The molecule has 0 aliphatic heterocycles. The molecule has 39 heavy (non-hydrogen) atoms. The summed E-state index contributed by atoms with van der Waals surface area (Å²) in [5.41, 5.74) is 0. The van der Waals surface area contributed by atoms with Crippen LogP contribution in [-0.4, -0.2) is 17.6 Å². The molecule has 0 aliphatic rings. The van der Waals surface area contributed by atoms with Gasteiger partial charge in [-0.15, -0.1) is 0 Å². The van der Waals surface area contributed by atoms with Crippen LogP contribution < -0.4 is 31.1 Å². The Morgan fingerprint density at radius 1 is 0.205 bits per heavy atom. The van der Waals surface area contributed by atoms with Crippen LogP contribution in [0.1, 0.15) is 0 Å². The van der Waals surface area contributed by atoms with E-state index in [1.807, 2.05) is 0 Å². The van der Waals surface area contributed by atoms with Gasteiger partial charge in [-0.25, -0.2) is 0 Å². The third kappa shape index (κ3) is 7.71. The van der Waals surface area contributed by atoms with Crippen LogP contribution >= 0.6 is 0 Å². The molecule has 0 heterocycles. The van der Waals surface area contributed by atoms with Gasteiger partial charge >= 0.3 is 0 Å². The summed E-state index contributed by atoms with van der Waals surface area (Å²) >= 11 is 0. The smallest absolute Gasteiger partial charge is 0.0624 e. The Morgan fingerprint density at radius 2 is 0.333 bits per heavy atom. The van der Waals surface area contributed by atoms with E-state index in [9.17, 15) is 0 Å². The maximum Gasteiger partial charge on any atom is 0.154 e. The van der Waals surface area contributed by atoms with E-state index >= 15 is 0 Å². The van der Waals surface area contributed by atoms with Gasteiger partial charge in [0.15, 0.2) is 17.6 Å². The van der Waals surface area contributed by atoms with Crippen LogP contribution in [-0.2, 0) is 19.5 Å². The SMILES string of the molecule is [Zn].c1ccc([Si](c2ccccc2)c2ccccc2)cc1.c1ccc([Si](c2ccccc2)c2ccccc2)cc1. The maximum atomic E-state index is 2.24. The van der Waals surface area contributed by atoms with Crippen molar-refractivity contribution in [2.45, 2.75) is 0 Å². The normalized spacial score (nSPS) is 10.3. The van der Waals surface area contributed by atoms with Crippen LogP contribution in [0.5, 0.6) is 0 Å². The number of rotatable bonds is 6. The van der Waals surface area contributed by atoms with Crippen LogP contribution in [0.3, 0.4) is 0 Å². The molecule has 0 saturated heterocycles. The summed E-state index contributed by atoms with van der Waals surface area (Å²) in [5, 5.41) is 8.61. The van der Waals surface area contributed by atoms with Gasteiger partial charge in [-0.2, -0.15) is 0 Å². The predicted molar refractivity (Wildman–Crippen MR) is 168 cm³/mol. The summed E-state index contributed by atoms with van der Waals surface area (Å²) in [4.78, 5) is 0. The number of hydrogen-bond acceptors (Lipinski definition) is 0. The zero-order valence-corrected chi connectivity index (χ0v) is 27.0. The topological polar surface area (TPSA) is 0 Å². The van der Waals surface area contributed by atoms with Crippen LogP contribution in [0.15, 0.2) is 182 Å². The quantitative estimate of drug-likeness (QED) is 0.201. The van der Waals surface area contributed by atoms with Crippen molar-refractivity contribution in [1.82, 2.24) is 0 Å². The van der Waals surface area contributed by atoms with Crippen molar-refractivity contribution < 1.29 is 19.5 Å². The Bertz CT molecular complexity index is 1170. The fourth-order valence-electron chi connectivity index (χ4n) is 4.63. The second-order valence-electron chi connectivity index (χ2n) is 8.95. The number of benzene rings is 6. The second-order valence-corrected chi connectivity index (χ2v) is 13.9. The van der Waals surface area contributed by atoms with Crippen molar-refractivity contribution in [2.24, 2.45) is 0 Å². The second kappa shape index (κ2) is 15.1. The molecule has 0 bridgehead atoms. The summed E-state index contributed by atoms with van der Waals surface area (Å²) < 4.78 is 0. The fraction of sp³-hybridized carbons (Fsp3) is 0. The monoisotopic (exact) mass is 582 g/mol. The van der Waals surface area contributed by atoms with Crippen molar-refractivity contribution >= 4 is 48.7 Å². The minimum atomic E-state index is -0.877. The van der Waals surface area contributed by atoms with Gasteiger partial charge in [0.1, 0.15) is 0 Å². The molecule has 0 aliphatic carbocycles. The predicted octanol–water partition coefficient (Wildman–Crippen LogP) is 4.40. The van der Waals surface area contributed by atoms with E-state index in [4.69, 9.17) is 0 Å². The summed E-state index contributed by atoms with van der Waals surface area (Å²) in [5.74, 6) is 0. The molecule has 0 atom stereocenters. The Labute approximate surface area is 249 Å². The van der Waals surface area contributed by atoms with Crippen molar-refractivity contribution in [2.75, 3.05) is 0 Å². The molecule has 0 amide bonds. The van der Waals surface area contributed by atoms with Gasteiger partial charge in [0, 0.05) is 19.5 Å². The van der Waals surface area contributed by atoms with Gasteiger partial charge in [0.25, 0.3) is 0 Å². The summed E-state index contributed by atoms with van der Waals surface area (Å²) in [6, 6.07) is 65.0. The van der Waals surface area contributed by atoms with Crippen LogP contribution in [0.4, 0.5) is 0 Å². The molecule has 6 rings (SSSR count). The zero-order valence-electron chi connectivity index (χ0n) is 22.0. The minimum absolute atomic E-state index is 0. The van der Waals surface area contributed by atoms with Crippen molar-refractivity contribution in [3.63, 3.8) is 0 Å². The van der Waals surface area contributed by atoms with Gasteiger partial charge in [-0.05, 0) is 0 Å². The standard InChI is InChI=1S/2C18H15Si.Zn/c2*1-4-10-16(11-5-1)19(17-12-6-2-7-13-17)18-14-8-3-9-15-18;/h2*1-15H;.